The molecular weight excluding hydrogens is 354 g/mol. The van der Waals surface area contributed by atoms with Crippen LogP contribution in [0.4, 0.5) is 8.78 Å². The normalized spacial score (nSPS) is 12.1. The molecule has 0 unspecified atom stereocenters. The first-order valence-corrected chi connectivity index (χ1v) is 8.30. The highest BCUT2D eigenvalue weighted by molar-refractivity contribution is 9.10. The van der Waals surface area contributed by atoms with Crippen molar-refractivity contribution in [2.45, 2.75) is 17.7 Å². The van der Waals surface area contributed by atoms with E-state index in [1.807, 2.05) is 19.0 Å². The molecule has 0 atom stereocenters. The van der Waals surface area contributed by atoms with Crippen molar-refractivity contribution in [1.82, 2.24) is 9.62 Å². The Morgan fingerprint density at radius 2 is 1.90 bits per heavy atom. The zero-order valence-electron chi connectivity index (χ0n) is 11.3. The van der Waals surface area contributed by atoms with E-state index >= 15 is 0 Å². The van der Waals surface area contributed by atoms with Gasteiger partial charge in [0.15, 0.2) is 0 Å². The van der Waals surface area contributed by atoms with Crippen molar-refractivity contribution in [3.05, 3.63) is 28.2 Å². The maximum absolute atomic E-state index is 13.6. The van der Waals surface area contributed by atoms with Crippen LogP contribution < -0.4 is 4.72 Å². The molecule has 0 aliphatic carbocycles. The van der Waals surface area contributed by atoms with Gasteiger partial charge in [0, 0.05) is 17.1 Å². The summed E-state index contributed by atoms with van der Waals surface area (Å²) in [5.41, 5.74) is 0. The summed E-state index contributed by atoms with van der Waals surface area (Å²) in [4.78, 5) is 1.43. The largest absolute Gasteiger partial charge is 0.309 e. The van der Waals surface area contributed by atoms with Crippen LogP contribution in [0.5, 0.6) is 0 Å². The maximum atomic E-state index is 13.6. The molecule has 0 fully saturated rings. The van der Waals surface area contributed by atoms with E-state index < -0.39 is 26.6 Å². The summed E-state index contributed by atoms with van der Waals surface area (Å²) in [5.74, 6) is -1.95. The molecule has 0 aromatic heterocycles. The number of sulfonamides is 1. The van der Waals surface area contributed by atoms with E-state index in [4.69, 9.17) is 0 Å². The number of halogens is 3. The molecule has 0 saturated carbocycles. The average Bonchev–Trinajstić information content (AvgIpc) is 2.25. The molecule has 8 heteroatoms. The lowest BCUT2D eigenvalue weighted by atomic mass is 10.3. The van der Waals surface area contributed by atoms with E-state index in [9.17, 15) is 17.2 Å². The molecule has 1 aromatic rings. The Kier molecular flexibility index (Phi) is 6.50. The summed E-state index contributed by atoms with van der Waals surface area (Å²) in [7, 11) is -0.140. The zero-order chi connectivity index (χ0) is 15.3. The predicted octanol–water partition coefficient (Wildman–Crippen LogP) is 2.35. The van der Waals surface area contributed by atoms with Crippen molar-refractivity contribution < 1.29 is 17.2 Å². The van der Waals surface area contributed by atoms with Crippen LogP contribution in [-0.4, -0.2) is 40.5 Å². The summed E-state index contributed by atoms with van der Waals surface area (Å²) in [6, 6.07) is 1.47. The Morgan fingerprint density at radius 3 is 2.45 bits per heavy atom. The number of nitrogens with zero attached hydrogens (tertiary/aromatic N) is 1. The fourth-order valence-corrected chi connectivity index (χ4v) is 3.85. The SMILES string of the molecule is CN(C)CCCCNS(=O)(=O)c1c(F)cc(F)cc1Br. The molecule has 0 heterocycles. The zero-order valence-corrected chi connectivity index (χ0v) is 13.7. The van der Waals surface area contributed by atoms with Crippen LogP contribution in [0.15, 0.2) is 21.5 Å². The molecule has 114 valence electrons. The third-order valence-corrected chi connectivity index (χ3v) is 4.98. The minimum Gasteiger partial charge on any atom is -0.309 e. The van der Waals surface area contributed by atoms with Crippen LogP contribution >= 0.6 is 15.9 Å². The molecule has 0 aliphatic heterocycles. The predicted molar refractivity (Wildman–Crippen MR) is 77.0 cm³/mol. The number of benzene rings is 1. The third kappa shape index (κ3) is 5.08. The summed E-state index contributed by atoms with van der Waals surface area (Å²) in [6.07, 6.45) is 1.46. The van der Waals surface area contributed by atoms with E-state index in [-0.39, 0.29) is 11.0 Å². The van der Waals surface area contributed by atoms with Crippen molar-refractivity contribution in [2.24, 2.45) is 0 Å². The second-order valence-corrected chi connectivity index (χ2v) is 7.16. The van der Waals surface area contributed by atoms with Gasteiger partial charge < -0.3 is 4.90 Å². The molecule has 1 aromatic carbocycles. The van der Waals surface area contributed by atoms with Gasteiger partial charge in [-0.3, -0.25) is 0 Å². The summed E-state index contributed by atoms with van der Waals surface area (Å²) >= 11 is 2.87. The van der Waals surface area contributed by atoms with Crippen LogP contribution in [0.1, 0.15) is 12.8 Å². The number of hydrogen-bond acceptors (Lipinski definition) is 3. The molecule has 0 spiro atoms. The maximum Gasteiger partial charge on any atom is 0.244 e. The fourth-order valence-electron chi connectivity index (χ4n) is 1.62. The molecule has 20 heavy (non-hydrogen) atoms. The monoisotopic (exact) mass is 370 g/mol. The van der Waals surface area contributed by atoms with Gasteiger partial charge in [-0.15, -0.1) is 0 Å². The van der Waals surface area contributed by atoms with E-state index in [2.05, 4.69) is 20.7 Å². The van der Waals surface area contributed by atoms with Gasteiger partial charge in [-0.25, -0.2) is 21.9 Å². The first-order valence-electron chi connectivity index (χ1n) is 6.03. The van der Waals surface area contributed by atoms with Gasteiger partial charge in [0.05, 0.1) is 0 Å². The van der Waals surface area contributed by atoms with Crippen LogP contribution in [-0.2, 0) is 10.0 Å². The smallest absolute Gasteiger partial charge is 0.244 e. The lowest BCUT2D eigenvalue weighted by molar-refractivity contribution is 0.394. The van der Waals surface area contributed by atoms with Gasteiger partial charge in [0.25, 0.3) is 0 Å². The Bertz CT molecular complexity index is 542. The van der Waals surface area contributed by atoms with Crippen LogP contribution in [0.3, 0.4) is 0 Å². The topological polar surface area (TPSA) is 49.4 Å². The van der Waals surface area contributed by atoms with Gasteiger partial charge in [0.2, 0.25) is 10.0 Å². The molecular formula is C12H17BrF2N2O2S. The molecule has 4 nitrogen and oxygen atoms in total. The van der Waals surface area contributed by atoms with Gasteiger partial charge in [-0.05, 0) is 55.5 Å². The molecule has 1 rings (SSSR count). The molecule has 0 bridgehead atoms. The summed E-state index contributed by atoms with van der Waals surface area (Å²) in [5, 5.41) is 0. The van der Waals surface area contributed by atoms with E-state index in [0.717, 1.165) is 19.0 Å². The molecule has 0 aliphatic rings. The van der Waals surface area contributed by atoms with Crippen LogP contribution in [0.25, 0.3) is 0 Å². The van der Waals surface area contributed by atoms with Gasteiger partial charge >= 0.3 is 0 Å². The Morgan fingerprint density at radius 1 is 1.25 bits per heavy atom. The third-order valence-electron chi connectivity index (χ3n) is 2.56. The lowest BCUT2D eigenvalue weighted by Gasteiger charge is -2.11. The van der Waals surface area contributed by atoms with E-state index in [1.165, 1.54) is 0 Å². The number of rotatable bonds is 7. The minimum absolute atomic E-state index is 0.129. The van der Waals surface area contributed by atoms with Gasteiger partial charge in [-0.1, -0.05) is 0 Å². The fraction of sp³-hybridized carbons (Fsp3) is 0.500. The first kappa shape index (κ1) is 17.5. The van der Waals surface area contributed by atoms with Gasteiger partial charge in [-0.2, -0.15) is 0 Å². The van der Waals surface area contributed by atoms with Crippen LogP contribution in [0, 0.1) is 11.6 Å². The highest BCUT2D eigenvalue weighted by atomic mass is 79.9. The number of unbranched alkanes of at least 4 members (excludes halogenated alkanes) is 1. The molecule has 0 radical (unpaired) electrons. The van der Waals surface area contributed by atoms with E-state index in [1.54, 1.807) is 0 Å². The quantitative estimate of drug-likeness (QED) is 0.749. The van der Waals surface area contributed by atoms with Gasteiger partial charge in [0.1, 0.15) is 16.5 Å². The second-order valence-electron chi connectivity index (χ2n) is 4.61. The minimum atomic E-state index is -3.99. The summed E-state index contributed by atoms with van der Waals surface area (Å²) in [6.45, 7) is 1.05. The molecule has 1 N–H and O–H groups in total. The van der Waals surface area contributed by atoms with Crippen molar-refractivity contribution in [3.8, 4) is 0 Å². The average molecular weight is 371 g/mol. The van der Waals surface area contributed by atoms with Crippen molar-refractivity contribution >= 4 is 26.0 Å². The van der Waals surface area contributed by atoms with Crippen molar-refractivity contribution in [3.63, 3.8) is 0 Å². The Balaban J connectivity index is 2.70. The highest BCUT2D eigenvalue weighted by Gasteiger charge is 2.23. The lowest BCUT2D eigenvalue weighted by Crippen LogP contribution is -2.26. The van der Waals surface area contributed by atoms with Crippen molar-refractivity contribution in [1.29, 1.82) is 0 Å². The van der Waals surface area contributed by atoms with E-state index in [0.29, 0.717) is 12.5 Å². The van der Waals surface area contributed by atoms with Crippen LogP contribution in [0.2, 0.25) is 0 Å². The Hall–Kier alpha value is -0.570. The highest BCUT2D eigenvalue weighted by Crippen LogP contribution is 2.25. The van der Waals surface area contributed by atoms with Crippen molar-refractivity contribution in [2.75, 3.05) is 27.2 Å². The first-order chi connectivity index (χ1) is 9.24. The molecule has 0 amide bonds. The number of nitrogens with one attached hydrogen (secondary N) is 1. The Labute approximate surface area is 126 Å². The molecule has 0 saturated heterocycles. The number of hydrogen-bond donors (Lipinski definition) is 1. The summed E-state index contributed by atoms with van der Waals surface area (Å²) < 4.78 is 52.6. The standard InChI is InChI=1S/C12H17BrF2N2O2S/c1-17(2)6-4-3-5-16-20(18,19)12-10(13)7-9(14)8-11(12)15/h7-8,16H,3-6H2,1-2H3. The second kappa shape index (κ2) is 7.44.